The summed E-state index contributed by atoms with van der Waals surface area (Å²) in [6, 6.07) is 17.3. The summed E-state index contributed by atoms with van der Waals surface area (Å²) in [5.41, 5.74) is 2.49. The van der Waals surface area contributed by atoms with E-state index in [1.807, 2.05) is 60.4 Å². The van der Waals surface area contributed by atoms with Crippen LogP contribution in [0.4, 0.5) is 5.00 Å². The van der Waals surface area contributed by atoms with Crippen LogP contribution in [0.2, 0.25) is 0 Å². The first-order chi connectivity index (χ1) is 16.1. The number of thiophene rings is 1. The van der Waals surface area contributed by atoms with Crippen molar-refractivity contribution in [3.63, 3.8) is 0 Å². The maximum Gasteiger partial charge on any atom is 0.269 e. The highest BCUT2D eigenvalue weighted by molar-refractivity contribution is 7.20. The van der Waals surface area contributed by atoms with Crippen molar-refractivity contribution in [3.05, 3.63) is 65.7 Å². The van der Waals surface area contributed by atoms with Crippen LogP contribution in [0, 0.1) is 6.92 Å². The van der Waals surface area contributed by atoms with Crippen molar-refractivity contribution < 1.29 is 19.1 Å². The Kier molecular flexibility index (Phi) is 6.05. The van der Waals surface area contributed by atoms with Crippen LogP contribution in [0.5, 0.6) is 11.5 Å². The lowest BCUT2D eigenvalue weighted by atomic mass is 10.0. The second-order valence-corrected chi connectivity index (χ2v) is 9.35. The molecule has 2 aliphatic rings. The topological polar surface area (TPSA) is 67.9 Å². The summed E-state index contributed by atoms with van der Waals surface area (Å²) in [6.45, 7) is 3.58. The monoisotopic (exact) mass is 462 g/mol. The number of likely N-dealkylation sites (tertiary alicyclic amines) is 1. The molecule has 2 amide bonds. The second-order valence-electron chi connectivity index (χ2n) is 8.33. The van der Waals surface area contributed by atoms with Crippen molar-refractivity contribution in [2.24, 2.45) is 0 Å². The Bertz CT molecular complexity index is 1170. The molecule has 2 aliphatic heterocycles. The number of benzene rings is 2. The van der Waals surface area contributed by atoms with Gasteiger partial charge >= 0.3 is 0 Å². The summed E-state index contributed by atoms with van der Waals surface area (Å²) < 4.78 is 11.6. The number of rotatable bonds is 4. The first-order valence-electron chi connectivity index (χ1n) is 11.3. The highest BCUT2D eigenvalue weighted by Crippen LogP contribution is 2.41. The van der Waals surface area contributed by atoms with Crippen LogP contribution in [0.15, 0.2) is 54.6 Å². The van der Waals surface area contributed by atoms with Crippen LogP contribution in [-0.2, 0) is 4.79 Å². The van der Waals surface area contributed by atoms with E-state index in [-0.39, 0.29) is 18.4 Å². The average molecular weight is 463 g/mol. The standard InChI is InChI=1S/C26H26N2O4S/c1-17-22(26(30)28-14-8-3-9-15-28)25(33-23(17)18-10-4-2-5-11-18)27-24(29)21-16-31-19-12-6-7-13-20(19)32-21/h2,4-7,10-13,21H,3,8-9,14-16H2,1H3,(H,27,29). The van der Waals surface area contributed by atoms with Crippen LogP contribution >= 0.6 is 11.3 Å². The highest BCUT2D eigenvalue weighted by atomic mass is 32.1. The number of anilines is 1. The summed E-state index contributed by atoms with van der Waals surface area (Å²) in [7, 11) is 0. The number of hydrogen-bond acceptors (Lipinski definition) is 5. The Morgan fingerprint density at radius 3 is 2.42 bits per heavy atom. The Labute approximate surface area is 197 Å². The molecule has 0 bridgehead atoms. The van der Waals surface area contributed by atoms with E-state index in [0.29, 0.717) is 22.1 Å². The van der Waals surface area contributed by atoms with Gasteiger partial charge in [0.2, 0.25) is 6.10 Å². The summed E-state index contributed by atoms with van der Waals surface area (Å²) in [4.78, 5) is 29.6. The van der Waals surface area contributed by atoms with E-state index in [1.54, 1.807) is 6.07 Å². The van der Waals surface area contributed by atoms with Gasteiger partial charge in [0.25, 0.3) is 11.8 Å². The molecule has 1 N–H and O–H groups in total. The Hall–Kier alpha value is -3.32. The molecule has 0 saturated carbocycles. The molecule has 1 saturated heterocycles. The lowest BCUT2D eigenvalue weighted by molar-refractivity contribution is -0.125. The van der Waals surface area contributed by atoms with Crippen LogP contribution in [0.25, 0.3) is 10.4 Å². The third-order valence-electron chi connectivity index (χ3n) is 6.08. The average Bonchev–Trinajstić information content (AvgIpc) is 3.19. The predicted molar refractivity (Wildman–Crippen MR) is 129 cm³/mol. The minimum absolute atomic E-state index is 0.0212. The lowest BCUT2D eigenvalue weighted by Crippen LogP contribution is -2.41. The summed E-state index contributed by atoms with van der Waals surface area (Å²) in [6.07, 6.45) is 2.37. The van der Waals surface area contributed by atoms with Gasteiger partial charge in [-0.3, -0.25) is 9.59 Å². The van der Waals surface area contributed by atoms with Crippen LogP contribution in [0.1, 0.15) is 35.2 Å². The Balaban J connectivity index is 1.45. The zero-order chi connectivity index (χ0) is 22.8. The zero-order valence-corrected chi connectivity index (χ0v) is 19.3. The quantitative estimate of drug-likeness (QED) is 0.584. The molecule has 1 unspecified atom stereocenters. The fourth-order valence-electron chi connectivity index (χ4n) is 4.32. The predicted octanol–water partition coefficient (Wildman–Crippen LogP) is 5.13. The van der Waals surface area contributed by atoms with Crippen molar-refractivity contribution in [1.82, 2.24) is 4.90 Å². The number of ether oxygens (including phenoxy) is 2. The molecule has 6 nitrogen and oxygen atoms in total. The maximum absolute atomic E-state index is 13.5. The van der Waals surface area contributed by atoms with Gasteiger partial charge in [0.05, 0.1) is 5.56 Å². The number of carbonyl (C=O) groups excluding carboxylic acids is 2. The van der Waals surface area contributed by atoms with Crippen LogP contribution in [0.3, 0.4) is 0 Å². The van der Waals surface area contributed by atoms with Crippen molar-refractivity contribution in [2.75, 3.05) is 25.0 Å². The molecule has 0 radical (unpaired) electrons. The van der Waals surface area contributed by atoms with Gasteiger partial charge in [-0.05, 0) is 49.4 Å². The maximum atomic E-state index is 13.5. The van der Waals surface area contributed by atoms with Gasteiger partial charge in [0.15, 0.2) is 11.5 Å². The van der Waals surface area contributed by atoms with E-state index >= 15 is 0 Å². The van der Waals surface area contributed by atoms with E-state index in [2.05, 4.69) is 5.32 Å². The second kappa shape index (κ2) is 9.27. The van der Waals surface area contributed by atoms with Crippen LogP contribution in [-0.4, -0.2) is 42.5 Å². The van der Waals surface area contributed by atoms with Gasteiger partial charge in [-0.15, -0.1) is 11.3 Å². The number of nitrogens with zero attached hydrogens (tertiary/aromatic N) is 1. The van der Waals surface area contributed by atoms with Crippen molar-refractivity contribution in [2.45, 2.75) is 32.3 Å². The molecule has 3 heterocycles. The Morgan fingerprint density at radius 2 is 1.67 bits per heavy atom. The molecule has 3 aromatic rings. The van der Waals surface area contributed by atoms with Crippen molar-refractivity contribution >= 4 is 28.2 Å². The molecule has 0 spiro atoms. The molecule has 2 aromatic carbocycles. The number of para-hydroxylation sites is 2. The first-order valence-corrected chi connectivity index (χ1v) is 12.1. The third-order valence-corrected chi connectivity index (χ3v) is 7.33. The van der Waals surface area contributed by atoms with E-state index in [4.69, 9.17) is 9.47 Å². The first kappa shape index (κ1) is 21.5. The number of nitrogens with one attached hydrogen (secondary N) is 1. The fraction of sp³-hybridized carbons (Fsp3) is 0.308. The minimum Gasteiger partial charge on any atom is -0.485 e. The molecule has 170 valence electrons. The summed E-state index contributed by atoms with van der Waals surface area (Å²) in [5, 5.41) is 3.55. The molecular weight excluding hydrogens is 436 g/mol. The van der Waals surface area contributed by atoms with Gasteiger partial charge in [-0.25, -0.2) is 0 Å². The van der Waals surface area contributed by atoms with Gasteiger partial charge < -0.3 is 19.7 Å². The largest absolute Gasteiger partial charge is 0.485 e. The number of carbonyl (C=O) groups is 2. The highest BCUT2D eigenvalue weighted by Gasteiger charge is 2.31. The smallest absolute Gasteiger partial charge is 0.269 e. The normalized spacial score (nSPS) is 17.5. The van der Waals surface area contributed by atoms with E-state index < -0.39 is 6.10 Å². The SMILES string of the molecule is Cc1c(-c2ccccc2)sc(NC(=O)C2COc3ccccc3O2)c1C(=O)N1CCCCC1. The number of amides is 2. The molecule has 0 aliphatic carbocycles. The van der Waals surface area contributed by atoms with Gasteiger partial charge in [0, 0.05) is 18.0 Å². The van der Waals surface area contributed by atoms with Crippen molar-refractivity contribution in [3.8, 4) is 21.9 Å². The van der Waals surface area contributed by atoms with E-state index in [1.165, 1.54) is 11.3 Å². The van der Waals surface area contributed by atoms with Gasteiger partial charge in [0.1, 0.15) is 11.6 Å². The minimum atomic E-state index is -0.791. The molecule has 5 rings (SSSR count). The van der Waals surface area contributed by atoms with E-state index in [0.717, 1.165) is 48.4 Å². The molecule has 7 heteroatoms. The molecule has 1 fully saturated rings. The summed E-state index contributed by atoms with van der Waals surface area (Å²) >= 11 is 1.43. The molecule has 1 atom stereocenters. The van der Waals surface area contributed by atoms with Gasteiger partial charge in [-0.2, -0.15) is 0 Å². The fourth-order valence-corrected chi connectivity index (χ4v) is 5.53. The number of piperidine rings is 1. The van der Waals surface area contributed by atoms with E-state index in [9.17, 15) is 9.59 Å². The number of fused-ring (bicyclic) bond motifs is 1. The zero-order valence-electron chi connectivity index (χ0n) is 18.5. The van der Waals surface area contributed by atoms with Crippen LogP contribution < -0.4 is 14.8 Å². The third kappa shape index (κ3) is 4.33. The molecular formula is C26H26N2O4S. The van der Waals surface area contributed by atoms with Gasteiger partial charge in [-0.1, -0.05) is 42.5 Å². The molecule has 1 aromatic heterocycles. The summed E-state index contributed by atoms with van der Waals surface area (Å²) in [5.74, 6) is 0.826. The van der Waals surface area contributed by atoms with Crippen molar-refractivity contribution in [1.29, 1.82) is 0 Å². The Morgan fingerprint density at radius 1 is 0.970 bits per heavy atom. The lowest BCUT2D eigenvalue weighted by Gasteiger charge is -2.28. The molecule has 33 heavy (non-hydrogen) atoms. The number of hydrogen-bond donors (Lipinski definition) is 1.